The molecule has 0 radical (unpaired) electrons. The van der Waals surface area contributed by atoms with Crippen molar-refractivity contribution in [3.8, 4) is 5.75 Å². The normalized spacial score (nSPS) is 14.2. The molecule has 2 heterocycles. The van der Waals surface area contributed by atoms with Crippen LogP contribution >= 0.6 is 11.3 Å². The first-order valence-electron chi connectivity index (χ1n) is 7.49. The maximum Gasteiger partial charge on any atom is 0.325 e. The third-order valence-electron chi connectivity index (χ3n) is 3.68. The van der Waals surface area contributed by atoms with Gasteiger partial charge in [-0.15, -0.1) is 11.3 Å². The molecule has 0 atom stereocenters. The number of aromatic nitrogens is 1. The Kier molecular flexibility index (Phi) is 4.66. The van der Waals surface area contributed by atoms with Crippen LogP contribution in [-0.2, 0) is 4.79 Å². The predicted molar refractivity (Wildman–Crippen MR) is 92.8 cm³/mol. The van der Waals surface area contributed by atoms with Gasteiger partial charge in [0.2, 0.25) is 5.91 Å². The van der Waals surface area contributed by atoms with Crippen molar-refractivity contribution in [1.29, 1.82) is 0 Å². The summed E-state index contributed by atoms with van der Waals surface area (Å²) in [4.78, 5) is 31.9. The van der Waals surface area contributed by atoms with Gasteiger partial charge < -0.3 is 15.0 Å². The number of thiazole rings is 1. The minimum Gasteiger partial charge on any atom is -0.497 e. The summed E-state index contributed by atoms with van der Waals surface area (Å²) in [6.07, 6.45) is 0. The minimum atomic E-state index is -0.241. The third kappa shape index (κ3) is 3.48. The molecule has 8 heteroatoms. The van der Waals surface area contributed by atoms with Crippen molar-refractivity contribution in [3.05, 3.63) is 35.3 Å². The summed E-state index contributed by atoms with van der Waals surface area (Å²) in [5, 5.41) is 5.13. The van der Waals surface area contributed by atoms with Crippen LogP contribution in [0.15, 0.2) is 29.6 Å². The molecule has 2 aromatic rings. The van der Waals surface area contributed by atoms with Crippen LogP contribution in [0, 0.1) is 6.92 Å². The van der Waals surface area contributed by atoms with Crippen LogP contribution in [0.2, 0.25) is 0 Å². The third-order valence-corrected chi connectivity index (χ3v) is 4.55. The number of anilines is 2. The van der Waals surface area contributed by atoms with E-state index in [1.807, 2.05) is 36.6 Å². The minimum absolute atomic E-state index is 0.0180. The first-order valence-corrected chi connectivity index (χ1v) is 8.37. The molecule has 1 aromatic heterocycles. The molecule has 0 spiro atoms. The average molecular weight is 346 g/mol. The van der Waals surface area contributed by atoms with E-state index in [0.717, 1.165) is 17.1 Å². The lowest BCUT2D eigenvalue weighted by Crippen LogP contribution is -2.37. The first kappa shape index (κ1) is 16.3. The van der Waals surface area contributed by atoms with Crippen LogP contribution in [0.3, 0.4) is 0 Å². The lowest BCUT2D eigenvalue weighted by atomic mass is 10.3. The van der Waals surface area contributed by atoms with Gasteiger partial charge >= 0.3 is 6.03 Å². The van der Waals surface area contributed by atoms with Gasteiger partial charge in [0.1, 0.15) is 12.3 Å². The Morgan fingerprint density at radius 3 is 2.71 bits per heavy atom. The molecule has 1 aliphatic heterocycles. The Morgan fingerprint density at radius 2 is 2.08 bits per heavy atom. The second-order valence-corrected chi connectivity index (χ2v) is 6.25. The summed E-state index contributed by atoms with van der Waals surface area (Å²) in [5.41, 5.74) is 1.65. The van der Waals surface area contributed by atoms with Crippen LogP contribution in [0.4, 0.5) is 15.6 Å². The lowest BCUT2D eigenvalue weighted by Gasteiger charge is -2.18. The Bertz CT molecular complexity index is 744. The van der Waals surface area contributed by atoms with E-state index in [-0.39, 0.29) is 18.5 Å². The van der Waals surface area contributed by atoms with E-state index in [0.29, 0.717) is 18.2 Å². The standard InChI is InChI=1S/C16H18N4O3S/c1-11-10-24-15(17-11)18-14(21)9-19-7-8-20(16(19)22)12-3-5-13(23-2)6-4-12/h3-6,10H,7-9H2,1-2H3,(H,17,18,21). The number of ether oxygens (including phenoxy) is 1. The molecule has 3 amide bonds. The summed E-state index contributed by atoms with van der Waals surface area (Å²) < 4.78 is 5.12. The van der Waals surface area contributed by atoms with Gasteiger partial charge in [0.05, 0.1) is 12.8 Å². The Morgan fingerprint density at radius 1 is 1.33 bits per heavy atom. The molecule has 0 unspecified atom stereocenters. The average Bonchev–Trinajstić information content (AvgIpc) is 3.14. The highest BCUT2D eigenvalue weighted by atomic mass is 32.1. The van der Waals surface area contributed by atoms with E-state index in [1.165, 1.54) is 16.2 Å². The first-order chi connectivity index (χ1) is 11.6. The zero-order chi connectivity index (χ0) is 17.1. The molecular weight excluding hydrogens is 328 g/mol. The monoisotopic (exact) mass is 346 g/mol. The van der Waals surface area contributed by atoms with Gasteiger partial charge in [-0.2, -0.15) is 0 Å². The second-order valence-electron chi connectivity index (χ2n) is 5.40. The number of carbonyl (C=O) groups excluding carboxylic acids is 2. The van der Waals surface area contributed by atoms with Crippen molar-refractivity contribution in [2.45, 2.75) is 6.92 Å². The fourth-order valence-corrected chi connectivity index (χ4v) is 3.18. The van der Waals surface area contributed by atoms with Crippen molar-refractivity contribution in [1.82, 2.24) is 9.88 Å². The van der Waals surface area contributed by atoms with Crippen LogP contribution in [0.5, 0.6) is 5.75 Å². The molecular formula is C16H18N4O3S. The molecule has 126 valence electrons. The molecule has 3 rings (SSSR count). The number of methoxy groups -OCH3 is 1. The molecule has 0 aliphatic carbocycles. The number of amides is 3. The number of aryl methyl sites for hydroxylation is 1. The number of urea groups is 1. The highest BCUT2D eigenvalue weighted by Crippen LogP contribution is 2.23. The van der Waals surface area contributed by atoms with Gasteiger partial charge in [0.25, 0.3) is 0 Å². The number of hydrogen-bond acceptors (Lipinski definition) is 5. The Balaban J connectivity index is 1.60. The molecule has 24 heavy (non-hydrogen) atoms. The van der Waals surface area contributed by atoms with Crippen LogP contribution in [0.25, 0.3) is 0 Å². The largest absolute Gasteiger partial charge is 0.497 e. The van der Waals surface area contributed by atoms with Gasteiger partial charge in [0, 0.05) is 24.2 Å². The molecule has 1 aliphatic rings. The zero-order valence-electron chi connectivity index (χ0n) is 13.5. The summed E-state index contributed by atoms with van der Waals surface area (Å²) in [5.74, 6) is 0.495. The SMILES string of the molecule is COc1ccc(N2CCN(CC(=O)Nc3nc(C)cs3)C2=O)cc1. The molecule has 1 fully saturated rings. The van der Waals surface area contributed by atoms with E-state index in [4.69, 9.17) is 4.74 Å². The van der Waals surface area contributed by atoms with Crippen molar-refractivity contribution < 1.29 is 14.3 Å². The molecule has 0 saturated carbocycles. The number of hydrogen-bond donors (Lipinski definition) is 1. The van der Waals surface area contributed by atoms with E-state index < -0.39 is 0 Å². The summed E-state index contributed by atoms with van der Waals surface area (Å²) in [7, 11) is 1.60. The molecule has 0 bridgehead atoms. The topological polar surface area (TPSA) is 74.8 Å². The van der Waals surface area contributed by atoms with Crippen molar-refractivity contribution in [2.75, 3.05) is 37.0 Å². The highest BCUT2D eigenvalue weighted by Gasteiger charge is 2.30. The number of rotatable bonds is 5. The van der Waals surface area contributed by atoms with Crippen LogP contribution < -0.4 is 15.0 Å². The summed E-state index contributed by atoms with van der Waals surface area (Å²) in [6, 6.07) is 7.11. The summed E-state index contributed by atoms with van der Waals surface area (Å²) >= 11 is 1.37. The van der Waals surface area contributed by atoms with Crippen molar-refractivity contribution in [3.63, 3.8) is 0 Å². The van der Waals surface area contributed by atoms with E-state index in [1.54, 1.807) is 12.0 Å². The quantitative estimate of drug-likeness (QED) is 0.902. The Labute approximate surface area is 143 Å². The lowest BCUT2D eigenvalue weighted by molar-refractivity contribution is -0.116. The van der Waals surface area contributed by atoms with Crippen LogP contribution in [-0.4, -0.2) is 48.6 Å². The molecule has 1 aromatic carbocycles. The van der Waals surface area contributed by atoms with E-state index >= 15 is 0 Å². The number of carbonyl (C=O) groups is 2. The number of benzene rings is 1. The fourth-order valence-electron chi connectivity index (χ4n) is 2.47. The molecule has 1 N–H and O–H groups in total. The predicted octanol–water partition coefficient (Wildman–Crippen LogP) is 2.34. The zero-order valence-corrected chi connectivity index (χ0v) is 14.3. The van der Waals surface area contributed by atoms with Gasteiger partial charge in [-0.05, 0) is 31.2 Å². The molecule has 7 nitrogen and oxygen atoms in total. The summed E-state index contributed by atoms with van der Waals surface area (Å²) in [6.45, 7) is 2.94. The van der Waals surface area contributed by atoms with Crippen molar-refractivity contribution in [2.24, 2.45) is 0 Å². The Hall–Kier alpha value is -2.61. The maximum absolute atomic E-state index is 12.5. The van der Waals surface area contributed by atoms with Gasteiger partial charge in [-0.1, -0.05) is 0 Å². The molecule has 1 saturated heterocycles. The smallest absolute Gasteiger partial charge is 0.325 e. The highest BCUT2D eigenvalue weighted by molar-refractivity contribution is 7.13. The van der Waals surface area contributed by atoms with Crippen LogP contribution in [0.1, 0.15) is 5.69 Å². The number of nitrogens with zero attached hydrogens (tertiary/aromatic N) is 3. The van der Waals surface area contributed by atoms with E-state index in [2.05, 4.69) is 10.3 Å². The number of nitrogens with one attached hydrogen (secondary N) is 1. The van der Waals surface area contributed by atoms with Gasteiger partial charge in [-0.3, -0.25) is 9.69 Å². The van der Waals surface area contributed by atoms with Gasteiger partial charge in [0.15, 0.2) is 5.13 Å². The second kappa shape index (κ2) is 6.88. The fraction of sp³-hybridized carbons (Fsp3) is 0.312. The maximum atomic E-state index is 12.5. The van der Waals surface area contributed by atoms with E-state index in [9.17, 15) is 9.59 Å². The van der Waals surface area contributed by atoms with Crippen molar-refractivity contribution >= 4 is 34.1 Å². The van der Waals surface area contributed by atoms with Gasteiger partial charge in [-0.25, -0.2) is 9.78 Å².